The number of rotatable bonds is 7. The third-order valence-corrected chi connectivity index (χ3v) is 5.15. The molecule has 0 aliphatic rings. The molecule has 0 saturated heterocycles. The SMILES string of the molecule is Cc1ccc(OCC[S@@](=O)Cc2nc(-c3cccs3)no2)cc1. The fourth-order valence-corrected chi connectivity index (χ4v) is 3.37. The van der Waals surface area contributed by atoms with Crippen molar-refractivity contribution < 1.29 is 13.5 Å². The van der Waals surface area contributed by atoms with E-state index in [0.29, 0.717) is 24.1 Å². The Hall–Kier alpha value is -1.99. The molecule has 0 aliphatic carbocycles. The molecule has 2 heterocycles. The number of thiophene rings is 1. The standard InChI is InChI=1S/C16H16N2O3S2/c1-12-4-6-13(7-5-12)20-8-10-23(19)11-15-17-16(18-21-15)14-3-2-9-22-14/h2-7,9H,8,10-11H2,1H3/t23-/m1/s1. The molecular formula is C16H16N2O3S2. The summed E-state index contributed by atoms with van der Waals surface area (Å²) in [5.74, 6) is 2.38. The first-order chi connectivity index (χ1) is 11.2. The fourth-order valence-electron chi connectivity index (χ4n) is 1.92. The molecular weight excluding hydrogens is 332 g/mol. The molecule has 0 saturated carbocycles. The molecule has 120 valence electrons. The molecule has 0 amide bonds. The Bertz CT molecular complexity index is 767. The van der Waals surface area contributed by atoms with Crippen LogP contribution in [0.4, 0.5) is 0 Å². The predicted octanol–water partition coefficient (Wildman–Crippen LogP) is 3.43. The van der Waals surface area contributed by atoms with E-state index >= 15 is 0 Å². The summed E-state index contributed by atoms with van der Waals surface area (Å²) in [6, 6.07) is 11.6. The van der Waals surface area contributed by atoms with Gasteiger partial charge < -0.3 is 9.26 Å². The highest BCUT2D eigenvalue weighted by molar-refractivity contribution is 7.84. The molecule has 0 radical (unpaired) electrons. The Morgan fingerprint density at radius 2 is 2.09 bits per heavy atom. The average molecular weight is 348 g/mol. The van der Waals surface area contributed by atoms with Crippen LogP contribution in [0, 0.1) is 6.92 Å². The lowest BCUT2D eigenvalue weighted by Crippen LogP contribution is -2.10. The summed E-state index contributed by atoms with van der Waals surface area (Å²) in [5, 5.41) is 5.86. The lowest BCUT2D eigenvalue weighted by atomic mass is 10.2. The quantitative estimate of drug-likeness (QED) is 0.654. The molecule has 1 atom stereocenters. The van der Waals surface area contributed by atoms with Crippen molar-refractivity contribution in [2.45, 2.75) is 12.7 Å². The van der Waals surface area contributed by atoms with Crippen LogP contribution in [0.3, 0.4) is 0 Å². The Balaban J connectivity index is 1.47. The van der Waals surface area contributed by atoms with Crippen molar-refractivity contribution in [2.75, 3.05) is 12.4 Å². The molecule has 2 aromatic heterocycles. The van der Waals surface area contributed by atoms with Gasteiger partial charge in [-0.15, -0.1) is 11.3 Å². The molecule has 0 aliphatic heterocycles. The second-order valence-electron chi connectivity index (χ2n) is 4.94. The highest BCUT2D eigenvalue weighted by atomic mass is 32.2. The van der Waals surface area contributed by atoms with E-state index in [1.54, 1.807) is 0 Å². The Morgan fingerprint density at radius 1 is 1.26 bits per heavy atom. The van der Waals surface area contributed by atoms with E-state index in [1.807, 2.05) is 48.7 Å². The normalized spacial score (nSPS) is 12.2. The molecule has 0 unspecified atom stereocenters. The maximum absolute atomic E-state index is 12.1. The van der Waals surface area contributed by atoms with Gasteiger partial charge in [0.25, 0.3) is 0 Å². The van der Waals surface area contributed by atoms with Crippen LogP contribution in [-0.2, 0) is 16.6 Å². The van der Waals surface area contributed by atoms with Gasteiger partial charge in [0.05, 0.1) is 17.2 Å². The number of aryl methyl sites for hydroxylation is 1. The van der Waals surface area contributed by atoms with Crippen LogP contribution in [-0.4, -0.2) is 26.7 Å². The van der Waals surface area contributed by atoms with Crippen LogP contribution >= 0.6 is 11.3 Å². The number of ether oxygens (including phenoxy) is 1. The zero-order chi connectivity index (χ0) is 16.1. The predicted molar refractivity (Wildman–Crippen MR) is 91.0 cm³/mol. The number of benzene rings is 1. The number of nitrogens with zero attached hydrogens (tertiary/aromatic N) is 2. The minimum Gasteiger partial charge on any atom is -0.493 e. The van der Waals surface area contributed by atoms with Crippen molar-refractivity contribution in [1.82, 2.24) is 10.1 Å². The van der Waals surface area contributed by atoms with E-state index < -0.39 is 10.8 Å². The minimum absolute atomic E-state index is 0.246. The van der Waals surface area contributed by atoms with Crippen LogP contribution in [0.15, 0.2) is 46.3 Å². The van der Waals surface area contributed by atoms with Gasteiger partial charge in [0.15, 0.2) is 0 Å². The van der Waals surface area contributed by atoms with Gasteiger partial charge in [-0.25, -0.2) is 0 Å². The molecule has 23 heavy (non-hydrogen) atoms. The molecule has 0 bridgehead atoms. The zero-order valence-electron chi connectivity index (χ0n) is 12.6. The summed E-state index contributed by atoms with van der Waals surface area (Å²) in [5.41, 5.74) is 1.18. The average Bonchev–Trinajstić information content (AvgIpc) is 3.20. The zero-order valence-corrected chi connectivity index (χ0v) is 14.2. The lowest BCUT2D eigenvalue weighted by molar-refractivity contribution is 0.342. The molecule has 1 aromatic carbocycles. The van der Waals surface area contributed by atoms with E-state index in [-0.39, 0.29) is 5.75 Å². The van der Waals surface area contributed by atoms with Gasteiger partial charge in [-0.2, -0.15) is 4.98 Å². The maximum Gasteiger partial charge on any atom is 0.239 e. The van der Waals surface area contributed by atoms with Gasteiger partial charge in [-0.05, 0) is 30.5 Å². The van der Waals surface area contributed by atoms with Crippen molar-refractivity contribution in [1.29, 1.82) is 0 Å². The first-order valence-corrected chi connectivity index (χ1v) is 9.48. The van der Waals surface area contributed by atoms with Gasteiger partial charge in [0.2, 0.25) is 11.7 Å². The van der Waals surface area contributed by atoms with E-state index in [2.05, 4.69) is 10.1 Å². The van der Waals surface area contributed by atoms with Gasteiger partial charge in [-0.1, -0.05) is 28.9 Å². The van der Waals surface area contributed by atoms with Crippen LogP contribution in [0.1, 0.15) is 11.5 Å². The van der Waals surface area contributed by atoms with Crippen molar-refractivity contribution in [3.63, 3.8) is 0 Å². The van der Waals surface area contributed by atoms with Gasteiger partial charge in [0.1, 0.15) is 11.5 Å². The Morgan fingerprint density at radius 3 is 2.83 bits per heavy atom. The van der Waals surface area contributed by atoms with Crippen molar-refractivity contribution in [3.8, 4) is 16.5 Å². The second-order valence-corrected chi connectivity index (χ2v) is 7.46. The molecule has 0 spiro atoms. The third-order valence-electron chi connectivity index (χ3n) is 3.09. The highest BCUT2D eigenvalue weighted by Gasteiger charge is 2.12. The van der Waals surface area contributed by atoms with Crippen molar-refractivity contribution in [3.05, 3.63) is 53.2 Å². The summed E-state index contributed by atoms with van der Waals surface area (Å²) in [6.07, 6.45) is 0. The smallest absolute Gasteiger partial charge is 0.239 e. The first-order valence-electron chi connectivity index (χ1n) is 7.11. The maximum atomic E-state index is 12.1. The summed E-state index contributed by atoms with van der Waals surface area (Å²) in [4.78, 5) is 5.21. The number of aromatic nitrogens is 2. The largest absolute Gasteiger partial charge is 0.493 e. The molecule has 7 heteroatoms. The van der Waals surface area contributed by atoms with E-state index in [0.717, 1.165) is 10.6 Å². The van der Waals surface area contributed by atoms with Gasteiger partial charge in [-0.3, -0.25) is 4.21 Å². The van der Waals surface area contributed by atoms with E-state index in [4.69, 9.17) is 9.26 Å². The molecule has 5 nitrogen and oxygen atoms in total. The summed E-state index contributed by atoms with van der Waals surface area (Å²) < 4.78 is 22.8. The molecule has 0 N–H and O–H groups in total. The highest BCUT2D eigenvalue weighted by Crippen LogP contribution is 2.21. The monoisotopic (exact) mass is 348 g/mol. The molecule has 0 fully saturated rings. The first kappa shape index (κ1) is 15.9. The topological polar surface area (TPSA) is 65.2 Å². The summed E-state index contributed by atoms with van der Waals surface area (Å²) in [6.45, 7) is 2.41. The van der Waals surface area contributed by atoms with E-state index in [1.165, 1.54) is 16.9 Å². The van der Waals surface area contributed by atoms with E-state index in [9.17, 15) is 4.21 Å². The van der Waals surface area contributed by atoms with Crippen LogP contribution in [0.25, 0.3) is 10.7 Å². The van der Waals surface area contributed by atoms with Gasteiger partial charge >= 0.3 is 0 Å². The summed E-state index contributed by atoms with van der Waals surface area (Å²) >= 11 is 1.54. The van der Waals surface area contributed by atoms with Crippen LogP contribution in [0.5, 0.6) is 5.75 Å². The van der Waals surface area contributed by atoms with Gasteiger partial charge in [0, 0.05) is 10.8 Å². The van der Waals surface area contributed by atoms with Crippen molar-refractivity contribution in [2.24, 2.45) is 0 Å². The van der Waals surface area contributed by atoms with Crippen LogP contribution in [0.2, 0.25) is 0 Å². The van der Waals surface area contributed by atoms with Crippen LogP contribution < -0.4 is 4.74 Å². The minimum atomic E-state index is -1.10. The summed E-state index contributed by atoms with van der Waals surface area (Å²) in [7, 11) is -1.10. The third kappa shape index (κ3) is 4.49. The molecule has 3 rings (SSSR count). The Labute approximate surface area is 140 Å². The number of hydrogen-bond acceptors (Lipinski definition) is 6. The number of hydrogen-bond donors (Lipinski definition) is 0. The lowest BCUT2D eigenvalue weighted by Gasteiger charge is -2.05. The Kier molecular flexibility index (Phi) is 5.19. The molecule has 3 aromatic rings. The fraction of sp³-hybridized carbons (Fsp3) is 0.250. The van der Waals surface area contributed by atoms with Crippen molar-refractivity contribution >= 4 is 22.1 Å². The second kappa shape index (κ2) is 7.52.